The molecule has 0 saturated heterocycles. The van der Waals surface area contributed by atoms with Crippen molar-refractivity contribution in [3.8, 4) is 11.8 Å². The topological polar surface area (TPSA) is 50.1 Å². The van der Waals surface area contributed by atoms with Crippen LogP contribution in [0.5, 0.6) is 5.75 Å². The minimum Gasteiger partial charge on any atom is -0.495 e. The van der Waals surface area contributed by atoms with E-state index in [0.717, 1.165) is 0 Å². The van der Waals surface area contributed by atoms with Crippen LogP contribution in [0.25, 0.3) is 0 Å². The van der Waals surface area contributed by atoms with E-state index in [-0.39, 0.29) is 5.56 Å². The smallest absolute Gasteiger partial charge is 0.262 e. The van der Waals surface area contributed by atoms with Gasteiger partial charge >= 0.3 is 0 Å². The molecule has 4 heteroatoms. The molecule has 0 aliphatic rings. The summed E-state index contributed by atoms with van der Waals surface area (Å²) in [6.07, 6.45) is 0. The first kappa shape index (κ1) is 9.56. The molecule has 66 valence electrons. The van der Waals surface area contributed by atoms with E-state index >= 15 is 0 Å². The summed E-state index contributed by atoms with van der Waals surface area (Å²) in [5.74, 6) is -0.124. The molecule has 0 saturated carbocycles. The quantitative estimate of drug-likeness (QED) is 0.536. The third kappa shape index (κ3) is 1.98. The number of ether oxygens (including phenoxy) is 1. The monoisotopic (exact) mass is 195 g/mol. The molecule has 0 fully saturated rings. The number of hydrogen-bond acceptors (Lipinski definition) is 3. The number of Topliss-reactive ketones (excluding diaryl/α,β-unsaturated/α-hetero) is 1. The first-order valence-electron chi connectivity index (χ1n) is 3.47. The van der Waals surface area contributed by atoms with Gasteiger partial charge in [-0.1, -0.05) is 11.6 Å². The van der Waals surface area contributed by atoms with Crippen LogP contribution in [0.15, 0.2) is 18.2 Å². The summed E-state index contributed by atoms with van der Waals surface area (Å²) in [6.45, 7) is 0. The number of benzene rings is 1. The standard InChI is InChI=1S/C9H6ClNO2/c1-13-9-3-2-6(4-7(9)10)8(12)5-11/h2-4H,1H3. The Balaban J connectivity index is 3.11. The Kier molecular flexibility index (Phi) is 2.88. The van der Waals surface area contributed by atoms with Gasteiger partial charge in [-0.3, -0.25) is 4.79 Å². The summed E-state index contributed by atoms with van der Waals surface area (Å²) in [7, 11) is 1.48. The van der Waals surface area contributed by atoms with Crippen LogP contribution in [0.1, 0.15) is 10.4 Å². The van der Waals surface area contributed by atoms with Crippen LogP contribution in [0, 0.1) is 11.3 Å². The molecule has 0 heterocycles. The first-order valence-corrected chi connectivity index (χ1v) is 3.85. The highest BCUT2D eigenvalue weighted by Crippen LogP contribution is 2.24. The van der Waals surface area contributed by atoms with Crippen LogP contribution in [0.2, 0.25) is 5.02 Å². The van der Waals surface area contributed by atoms with E-state index in [1.165, 1.54) is 25.3 Å². The molecule has 0 aromatic heterocycles. The second-order valence-corrected chi connectivity index (χ2v) is 2.70. The molecule has 13 heavy (non-hydrogen) atoms. The maximum atomic E-state index is 10.9. The number of carbonyl (C=O) groups is 1. The van der Waals surface area contributed by atoms with Gasteiger partial charge in [0.2, 0.25) is 0 Å². The number of nitriles is 1. The molecular weight excluding hydrogens is 190 g/mol. The first-order chi connectivity index (χ1) is 6.19. The average Bonchev–Trinajstić information content (AvgIpc) is 2.16. The third-order valence-corrected chi connectivity index (χ3v) is 1.81. The van der Waals surface area contributed by atoms with Gasteiger partial charge in [-0.15, -0.1) is 0 Å². The fourth-order valence-corrected chi connectivity index (χ4v) is 1.13. The van der Waals surface area contributed by atoms with Crippen LogP contribution < -0.4 is 4.74 Å². The molecule has 0 aliphatic carbocycles. The van der Waals surface area contributed by atoms with Crippen molar-refractivity contribution in [2.75, 3.05) is 7.11 Å². The van der Waals surface area contributed by atoms with Gasteiger partial charge in [0.05, 0.1) is 12.1 Å². The van der Waals surface area contributed by atoms with Crippen LogP contribution in [0.3, 0.4) is 0 Å². The van der Waals surface area contributed by atoms with E-state index in [1.807, 2.05) is 0 Å². The predicted molar refractivity (Wildman–Crippen MR) is 47.9 cm³/mol. The van der Waals surface area contributed by atoms with Crippen molar-refractivity contribution in [3.05, 3.63) is 28.8 Å². The Morgan fingerprint density at radius 1 is 1.62 bits per heavy atom. The van der Waals surface area contributed by atoms with E-state index in [0.29, 0.717) is 10.8 Å². The number of hydrogen-bond donors (Lipinski definition) is 0. The molecule has 3 nitrogen and oxygen atoms in total. The van der Waals surface area contributed by atoms with E-state index in [9.17, 15) is 4.79 Å². The molecule has 0 atom stereocenters. The van der Waals surface area contributed by atoms with E-state index in [2.05, 4.69) is 0 Å². The highest BCUT2D eigenvalue weighted by molar-refractivity contribution is 6.32. The van der Waals surface area contributed by atoms with E-state index < -0.39 is 5.78 Å². The maximum absolute atomic E-state index is 10.9. The minimum absolute atomic E-state index is 0.272. The molecule has 0 radical (unpaired) electrons. The predicted octanol–water partition coefficient (Wildman–Crippen LogP) is 2.05. The zero-order chi connectivity index (χ0) is 9.84. The number of nitrogens with zero attached hydrogens (tertiary/aromatic N) is 1. The lowest BCUT2D eigenvalue weighted by Crippen LogP contribution is -1.94. The summed E-state index contributed by atoms with van der Waals surface area (Å²) in [5, 5.41) is 8.65. The Hall–Kier alpha value is -1.53. The fraction of sp³-hybridized carbons (Fsp3) is 0.111. The number of rotatable bonds is 2. The SMILES string of the molecule is COc1ccc(C(=O)C#N)cc1Cl. The van der Waals surface area contributed by atoms with Crippen molar-refractivity contribution in [3.63, 3.8) is 0 Å². The minimum atomic E-state index is -0.607. The normalized spacial score (nSPS) is 9.00. The second kappa shape index (κ2) is 3.92. The molecule has 0 spiro atoms. The molecule has 0 N–H and O–H groups in total. The zero-order valence-corrected chi connectivity index (χ0v) is 7.63. The Bertz CT molecular complexity index is 382. The van der Waals surface area contributed by atoms with E-state index in [1.54, 1.807) is 6.07 Å². The number of halogens is 1. The van der Waals surface area contributed by atoms with Gasteiger partial charge in [-0.25, -0.2) is 0 Å². The average molecular weight is 196 g/mol. The van der Waals surface area contributed by atoms with Crippen LogP contribution >= 0.6 is 11.6 Å². The Morgan fingerprint density at radius 3 is 2.77 bits per heavy atom. The van der Waals surface area contributed by atoms with Gasteiger partial charge in [0.1, 0.15) is 11.8 Å². The van der Waals surface area contributed by atoms with Gasteiger partial charge in [0.15, 0.2) is 0 Å². The summed E-state index contributed by atoms with van der Waals surface area (Å²) < 4.78 is 4.89. The lowest BCUT2D eigenvalue weighted by Gasteiger charge is -2.02. The summed E-state index contributed by atoms with van der Waals surface area (Å²) in [6, 6.07) is 5.96. The van der Waals surface area contributed by atoms with Crippen LogP contribution in [-0.2, 0) is 0 Å². The lowest BCUT2D eigenvalue weighted by atomic mass is 10.1. The molecule has 1 aromatic carbocycles. The highest BCUT2D eigenvalue weighted by Gasteiger charge is 2.07. The summed E-state index contributed by atoms with van der Waals surface area (Å²) in [5.41, 5.74) is 0.272. The number of carbonyl (C=O) groups excluding carboxylic acids is 1. The number of methoxy groups -OCH3 is 1. The van der Waals surface area contributed by atoms with Crippen molar-refractivity contribution in [1.29, 1.82) is 5.26 Å². The zero-order valence-electron chi connectivity index (χ0n) is 6.87. The van der Waals surface area contributed by atoms with Crippen molar-refractivity contribution >= 4 is 17.4 Å². The largest absolute Gasteiger partial charge is 0.495 e. The molecule has 1 aromatic rings. The molecule has 0 aliphatic heterocycles. The fourth-order valence-electron chi connectivity index (χ4n) is 0.872. The summed E-state index contributed by atoms with van der Waals surface area (Å²) in [4.78, 5) is 10.9. The Morgan fingerprint density at radius 2 is 2.31 bits per heavy atom. The van der Waals surface area contributed by atoms with Crippen LogP contribution in [0.4, 0.5) is 0 Å². The van der Waals surface area contributed by atoms with Gasteiger partial charge < -0.3 is 4.74 Å². The molecule has 0 unspecified atom stereocenters. The molecule has 1 rings (SSSR count). The van der Waals surface area contributed by atoms with Crippen molar-refractivity contribution in [1.82, 2.24) is 0 Å². The summed E-state index contributed by atoms with van der Waals surface area (Å²) >= 11 is 5.74. The maximum Gasteiger partial charge on any atom is 0.262 e. The van der Waals surface area contributed by atoms with E-state index in [4.69, 9.17) is 21.6 Å². The van der Waals surface area contributed by atoms with Gasteiger partial charge in [-0.2, -0.15) is 5.26 Å². The third-order valence-electron chi connectivity index (χ3n) is 1.52. The van der Waals surface area contributed by atoms with Crippen molar-refractivity contribution in [2.24, 2.45) is 0 Å². The van der Waals surface area contributed by atoms with Gasteiger partial charge in [0, 0.05) is 5.56 Å². The molecule has 0 bridgehead atoms. The van der Waals surface area contributed by atoms with Gasteiger partial charge in [-0.05, 0) is 18.2 Å². The van der Waals surface area contributed by atoms with Crippen molar-refractivity contribution < 1.29 is 9.53 Å². The second-order valence-electron chi connectivity index (χ2n) is 2.29. The Labute approximate surface area is 80.5 Å². The molecular formula is C9H6ClNO2. The van der Waals surface area contributed by atoms with Gasteiger partial charge in [0.25, 0.3) is 5.78 Å². The highest BCUT2D eigenvalue weighted by atomic mass is 35.5. The number of ketones is 1. The van der Waals surface area contributed by atoms with Crippen molar-refractivity contribution in [2.45, 2.75) is 0 Å². The van der Waals surface area contributed by atoms with Crippen LogP contribution in [-0.4, -0.2) is 12.9 Å². The lowest BCUT2D eigenvalue weighted by molar-refractivity contribution is 0.105. The molecule has 0 amide bonds.